The maximum atomic E-state index is 12.9. The van der Waals surface area contributed by atoms with Gasteiger partial charge in [-0.05, 0) is 53.2 Å². The summed E-state index contributed by atoms with van der Waals surface area (Å²) in [6, 6.07) is 9.40. The Morgan fingerprint density at radius 2 is 2.11 bits per heavy atom. The van der Waals surface area contributed by atoms with E-state index < -0.39 is 0 Å². The Morgan fingerprint density at radius 3 is 2.78 bits per heavy atom. The smallest absolute Gasteiger partial charge is 0.237 e. The van der Waals surface area contributed by atoms with Gasteiger partial charge in [-0.1, -0.05) is 0 Å². The predicted molar refractivity (Wildman–Crippen MR) is 67.9 cm³/mol. The molecule has 18 heavy (non-hydrogen) atoms. The zero-order chi connectivity index (χ0) is 13.1. The van der Waals surface area contributed by atoms with E-state index in [1.54, 1.807) is 19.1 Å². The first kappa shape index (κ1) is 12.5. The van der Waals surface area contributed by atoms with E-state index in [4.69, 9.17) is 10.00 Å². The Morgan fingerprint density at radius 1 is 1.33 bits per heavy atom. The number of aryl methyl sites for hydroxylation is 1. The van der Waals surface area contributed by atoms with Crippen molar-refractivity contribution in [3.8, 4) is 17.7 Å². The van der Waals surface area contributed by atoms with Crippen molar-refractivity contribution in [1.82, 2.24) is 4.98 Å². The zero-order valence-electron chi connectivity index (χ0n) is 9.45. The highest BCUT2D eigenvalue weighted by molar-refractivity contribution is 9.10. The van der Waals surface area contributed by atoms with Crippen molar-refractivity contribution < 1.29 is 9.13 Å². The van der Waals surface area contributed by atoms with Crippen LogP contribution in [0.15, 0.2) is 34.8 Å². The van der Waals surface area contributed by atoms with Crippen molar-refractivity contribution >= 4 is 15.9 Å². The second kappa shape index (κ2) is 5.15. The van der Waals surface area contributed by atoms with Crippen LogP contribution < -0.4 is 4.74 Å². The molecule has 0 unspecified atom stereocenters. The molecule has 0 amide bonds. The highest BCUT2D eigenvalue weighted by Gasteiger charge is 2.09. The fourth-order valence-electron chi connectivity index (χ4n) is 1.36. The summed E-state index contributed by atoms with van der Waals surface area (Å²) in [4.78, 5) is 4.14. The molecule has 0 radical (unpaired) electrons. The first-order chi connectivity index (χ1) is 8.60. The molecule has 0 fully saturated rings. The Hall–Kier alpha value is -1.93. The highest BCUT2D eigenvalue weighted by atomic mass is 79.9. The molecule has 0 aliphatic carbocycles. The van der Waals surface area contributed by atoms with E-state index in [-0.39, 0.29) is 11.7 Å². The first-order valence-electron chi connectivity index (χ1n) is 5.11. The zero-order valence-corrected chi connectivity index (χ0v) is 11.0. The third kappa shape index (κ3) is 2.66. The van der Waals surface area contributed by atoms with Crippen LogP contribution in [0.3, 0.4) is 0 Å². The van der Waals surface area contributed by atoms with Crippen molar-refractivity contribution in [2.75, 3.05) is 0 Å². The van der Waals surface area contributed by atoms with Crippen LogP contribution in [-0.4, -0.2) is 4.98 Å². The molecule has 5 heteroatoms. The van der Waals surface area contributed by atoms with E-state index in [9.17, 15) is 4.39 Å². The monoisotopic (exact) mass is 306 g/mol. The molecular weight excluding hydrogens is 299 g/mol. The molecule has 0 N–H and O–H groups in total. The molecule has 0 bridgehead atoms. The minimum Gasteiger partial charge on any atom is -0.436 e. The SMILES string of the molecule is Cc1ccc(C#N)c(Oc2ccc(F)cc2Br)n1. The quantitative estimate of drug-likeness (QED) is 0.843. The lowest BCUT2D eigenvalue weighted by Gasteiger charge is -2.08. The Labute approximate surface area is 112 Å². The lowest BCUT2D eigenvalue weighted by atomic mass is 10.2. The summed E-state index contributed by atoms with van der Waals surface area (Å²) in [5, 5.41) is 8.96. The number of hydrogen-bond acceptors (Lipinski definition) is 3. The predicted octanol–water partition coefficient (Wildman–Crippen LogP) is 3.96. The van der Waals surface area contributed by atoms with Gasteiger partial charge < -0.3 is 4.74 Å². The van der Waals surface area contributed by atoms with Crippen LogP contribution in [-0.2, 0) is 0 Å². The summed E-state index contributed by atoms with van der Waals surface area (Å²) < 4.78 is 18.9. The van der Waals surface area contributed by atoms with Crippen molar-refractivity contribution in [2.24, 2.45) is 0 Å². The number of benzene rings is 1. The average Bonchev–Trinajstić information content (AvgIpc) is 2.33. The van der Waals surface area contributed by atoms with Crippen LogP contribution in [0.4, 0.5) is 4.39 Å². The maximum absolute atomic E-state index is 12.9. The summed E-state index contributed by atoms with van der Waals surface area (Å²) in [5.74, 6) is 0.253. The molecule has 0 atom stereocenters. The van der Waals surface area contributed by atoms with Crippen LogP contribution in [0.2, 0.25) is 0 Å². The molecule has 0 aliphatic heterocycles. The van der Waals surface area contributed by atoms with Gasteiger partial charge >= 0.3 is 0 Å². The third-order valence-corrected chi connectivity index (χ3v) is 2.84. The van der Waals surface area contributed by atoms with Gasteiger partial charge in [0.15, 0.2) is 0 Å². The van der Waals surface area contributed by atoms with Gasteiger partial charge in [0, 0.05) is 5.69 Å². The molecule has 1 aromatic heterocycles. The van der Waals surface area contributed by atoms with Crippen molar-refractivity contribution in [3.63, 3.8) is 0 Å². The molecule has 2 rings (SSSR count). The summed E-state index contributed by atoms with van der Waals surface area (Å²) in [5.41, 5.74) is 1.07. The number of ether oxygens (including phenoxy) is 1. The van der Waals surface area contributed by atoms with Gasteiger partial charge in [0.1, 0.15) is 23.2 Å². The Bertz CT molecular complexity index is 637. The van der Waals surface area contributed by atoms with E-state index in [0.717, 1.165) is 5.69 Å². The van der Waals surface area contributed by atoms with Crippen molar-refractivity contribution in [2.45, 2.75) is 6.92 Å². The van der Waals surface area contributed by atoms with E-state index in [1.807, 2.05) is 6.07 Å². The van der Waals surface area contributed by atoms with Crippen molar-refractivity contribution in [1.29, 1.82) is 5.26 Å². The summed E-state index contributed by atoms with van der Waals surface area (Å²) in [6.45, 7) is 1.80. The number of aromatic nitrogens is 1. The van der Waals surface area contributed by atoms with E-state index in [0.29, 0.717) is 15.8 Å². The van der Waals surface area contributed by atoms with E-state index in [1.165, 1.54) is 18.2 Å². The van der Waals surface area contributed by atoms with Crippen molar-refractivity contribution in [3.05, 3.63) is 51.9 Å². The molecule has 1 aromatic carbocycles. The minimum absolute atomic E-state index is 0.213. The lowest BCUT2D eigenvalue weighted by molar-refractivity contribution is 0.455. The third-order valence-electron chi connectivity index (χ3n) is 2.22. The molecule has 0 aliphatic rings. The topological polar surface area (TPSA) is 45.9 Å². The molecule has 2 aromatic rings. The average molecular weight is 307 g/mol. The van der Waals surface area contributed by atoms with E-state index >= 15 is 0 Å². The first-order valence-corrected chi connectivity index (χ1v) is 5.90. The number of nitriles is 1. The van der Waals surface area contributed by atoms with Gasteiger partial charge in [-0.3, -0.25) is 0 Å². The Kier molecular flexibility index (Phi) is 3.58. The molecule has 1 heterocycles. The fraction of sp³-hybridized carbons (Fsp3) is 0.0769. The summed E-state index contributed by atoms with van der Waals surface area (Å²) in [6.07, 6.45) is 0. The normalized spacial score (nSPS) is 9.89. The highest BCUT2D eigenvalue weighted by Crippen LogP contribution is 2.30. The molecule has 3 nitrogen and oxygen atoms in total. The second-order valence-corrected chi connectivity index (χ2v) is 4.45. The number of hydrogen-bond donors (Lipinski definition) is 0. The lowest BCUT2D eigenvalue weighted by Crippen LogP contribution is -1.94. The van der Waals surface area contributed by atoms with Crippen LogP contribution in [0.5, 0.6) is 11.6 Å². The van der Waals surface area contributed by atoms with Gasteiger partial charge in [0.2, 0.25) is 5.88 Å². The Balaban J connectivity index is 2.40. The summed E-state index contributed by atoms with van der Waals surface area (Å²) >= 11 is 3.19. The number of pyridine rings is 1. The molecule has 0 saturated heterocycles. The number of rotatable bonds is 2. The van der Waals surface area contributed by atoms with Gasteiger partial charge in [0.25, 0.3) is 0 Å². The van der Waals surface area contributed by atoms with E-state index in [2.05, 4.69) is 20.9 Å². The largest absolute Gasteiger partial charge is 0.436 e. The van der Waals surface area contributed by atoms with Gasteiger partial charge in [-0.2, -0.15) is 5.26 Å². The van der Waals surface area contributed by atoms with Gasteiger partial charge in [-0.15, -0.1) is 0 Å². The van der Waals surface area contributed by atoms with Crippen LogP contribution >= 0.6 is 15.9 Å². The molecule has 0 saturated carbocycles. The number of nitrogens with zero attached hydrogens (tertiary/aromatic N) is 2. The van der Waals surface area contributed by atoms with Crippen LogP contribution in [0, 0.1) is 24.1 Å². The number of halogens is 2. The van der Waals surface area contributed by atoms with Gasteiger partial charge in [0.05, 0.1) is 4.47 Å². The van der Waals surface area contributed by atoms with Crippen LogP contribution in [0.25, 0.3) is 0 Å². The molecule has 90 valence electrons. The molecule has 0 spiro atoms. The minimum atomic E-state index is -0.369. The maximum Gasteiger partial charge on any atom is 0.237 e. The van der Waals surface area contributed by atoms with Crippen LogP contribution in [0.1, 0.15) is 11.3 Å². The molecular formula is C13H8BrFN2O. The fourth-order valence-corrected chi connectivity index (χ4v) is 1.79. The second-order valence-electron chi connectivity index (χ2n) is 3.59. The standard InChI is InChI=1S/C13H8BrFN2O/c1-8-2-3-9(7-16)13(17-8)18-12-5-4-10(15)6-11(12)14/h2-6H,1H3. The van der Waals surface area contributed by atoms with Gasteiger partial charge in [-0.25, -0.2) is 9.37 Å². The summed E-state index contributed by atoms with van der Waals surface area (Å²) in [7, 11) is 0.